The van der Waals surface area contributed by atoms with E-state index in [4.69, 9.17) is 11.6 Å². The van der Waals surface area contributed by atoms with E-state index >= 15 is 0 Å². The molecule has 0 radical (unpaired) electrons. The lowest BCUT2D eigenvalue weighted by Crippen LogP contribution is -1.97. The number of aryl methyl sites for hydroxylation is 1. The van der Waals surface area contributed by atoms with Gasteiger partial charge in [-0.05, 0) is 35.7 Å². The van der Waals surface area contributed by atoms with Crippen LogP contribution in [0.15, 0.2) is 42.5 Å². The Labute approximate surface area is 126 Å². The van der Waals surface area contributed by atoms with Gasteiger partial charge in [0.15, 0.2) is 0 Å². The van der Waals surface area contributed by atoms with Gasteiger partial charge in [0, 0.05) is 10.6 Å². The van der Waals surface area contributed by atoms with E-state index in [0.29, 0.717) is 10.6 Å². The first-order valence-corrected chi connectivity index (χ1v) is 7.59. The molecule has 0 saturated carbocycles. The van der Waals surface area contributed by atoms with Crippen LogP contribution in [0.2, 0.25) is 5.02 Å². The molecule has 0 amide bonds. The second-order valence-corrected chi connectivity index (χ2v) is 5.87. The van der Waals surface area contributed by atoms with Gasteiger partial charge in [0.05, 0.1) is 4.83 Å². The molecular weight excluding hydrogens is 327 g/mol. The van der Waals surface area contributed by atoms with E-state index in [1.54, 1.807) is 12.1 Å². The van der Waals surface area contributed by atoms with Gasteiger partial charge in [0.25, 0.3) is 0 Å². The van der Waals surface area contributed by atoms with Crippen LogP contribution < -0.4 is 0 Å². The monoisotopic (exact) mass is 340 g/mol. The van der Waals surface area contributed by atoms with Crippen LogP contribution in [0.3, 0.4) is 0 Å². The van der Waals surface area contributed by atoms with E-state index in [-0.39, 0.29) is 10.6 Å². The third-order valence-corrected chi connectivity index (χ3v) is 4.30. The summed E-state index contributed by atoms with van der Waals surface area (Å²) in [7, 11) is 0. The fourth-order valence-electron chi connectivity index (χ4n) is 2.03. The molecule has 0 fully saturated rings. The van der Waals surface area contributed by atoms with Crippen LogP contribution in [0, 0.1) is 5.82 Å². The Kier molecular flexibility index (Phi) is 5.00. The van der Waals surface area contributed by atoms with Gasteiger partial charge in [0.2, 0.25) is 0 Å². The van der Waals surface area contributed by atoms with Crippen molar-refractivity contribution in [1.82, 2.24) is 0 Å². The molecule has 2 rings (SSSR count). The standard InChI is InChI=1S/C16H15BrClF/c1-2-3-11-4-6-12(7-5-11)16(17)14-10-13(18)8-9-15(14)19/h4-10,16H,2-3H2,1H3. The van der Waals surface area contributed by atoms with E-state index in [1.165, 1.54) is 11.6 Å². The Hall–Kier alpha value is -0.860. The number of hydrogen-bond donors (Lipinski definition) is 0. The van der Waals surface area contributed by atoms with Crippen molar-refractivity contribution in [1.29, 1.82) is 0 Å². The minimum Gasteiger partial charge on any atom is -0.207 e. The zero-order valence-corrected chi connectivity index (χ0v) is 13.0. The maximum absolute atomic E-state index is 13.8. The van der Waals surface area contributed by atoms with Crippen LogP contribution in [-0.2, 0) is 6.42 Å². The molecule has 3 heteroatoms. The van der Waals surface area contributed by atoms with Crippen LogP contribution in [0.25, 0.3) is 0 Å². The highest BCUT2D eigenvalue weighted by molar-refractivity contribution is 9.09. The normalized spacial score (nSPS) is 12.4. The summed E-state index contributed by atoms with van der Waals surface area (Å²) in [5, 5.41) is 0.545. The topological polar surface area (TPSA) is 0 Å². The van der Waals surface area contributed by atoms with Crippen molar-refractivity contribution in [3.05, 3.63) is 70.0 Å². The molecule has 2 aromatic rings. The average Bonchev–Trinajstić information content (AvgIpc) is 2.42. The van der Waals surface area contributed by atoms with Crippen LogP contribution in [-0.4, -0.2) is 0 Å². The summed E-state index contributed by atoms with van der Waals surface area (Å²) in [5.74, 6) is -0.246. The second-order valence-electron chi connectivity index (χ2n) is 4.52. The molecule has 0 bridgehead atoms. The molecule has 2 aromatic carbocycles. The largest absolute Gasteiger partial charge is 0.207 e. The molecule has 0 aliphatic carbocycles. The highest BCUT2D eigenvalue weighted by Crippen LogP contribution is 2.34. The van der Waals surface area contributed by atoms with Gasteiger partial charge < -0.3 is 0 Å². The van der Waals surface area contributed by atoms with Crippen molar-refractivity contribution < 1.29 is 4.39 Å². The lowest BCUT2D eigenvalue weighted by atomic mass is 10.0. The van der Waals surface area contributed by atoms with Crippen molar-refractivity contribution in [2.75, 3.05) is 0 Å². The average molecular weight is 342 g/mol. The summed E-state index contributed by atoms with van der Waals surface area (Å²) >= 11 is 9.47. The lowest BCUT2D eigenvalue weighted by Gasteiger charge is -2.13. The molecule has 0 saturated heterocycles. The summed E-state index contributed by atoms with van der Waals surface area (Å²) in [6, 6.07) is 12.9. The number of hydrogen-bond acceptors (Lipinski definition) is 0. The molecule has 0 aliphatic rings. The molecule has 100 valence electrons. The van der Waals surface area contributed by atoms with Crippen LogP contribution >= 0.6 is 27.5 Å². The first-order chi connectivity index (χ1) is 9.11. The fourth-order valence-corrected chi connectivity index (χ4v) is 2.87. The van der Waals surface area contributed by atoms with Crippen molar-refractivity contribution in [3.8, 4) is 0 Å². The quantitative estimate of drug-likeness (QED) is 0.606. The Morgan fingerprint density at radius 3 is 2.47 bits per heavy atom. The zero-order chi connectivity index (χ0) is 13.8. The summed E-state index contributed by atoms with van der Waals surface area (Å²) in [6.45, 7) is 2.16. The highest BCUT2D eigenvalue weighted by Gasteiger charge is 2.15. The predicted molar refractivity (Wildman–Crippen MR) is 82.6 cm³/mol. The van der Waals surface area contributed by atoms with E-state index in [1.807, 2.05) is 12.1 Å². The number of rotatable bonds is 4. The van der Waals surface area contributed by atoms with Gasteiger partial charge in [-0.15, -0.1) is 0 Å². The minimum absolute atomic E-state index is 0.179. The first kappa shape index (κ1) is 14.5. The minimum atomic E-state index is -0.246. The molecule has 0 spiro atoms. The van der Waals surface area contributed by atoms with E-state index in [9.17, 15) is 4.39 Å². The summed E-state index contributed by atoms with van der Waals surface area (Å²) < 4.78 is 13.8. The van der Waals surface area contributed by atoms with Gasteiger partial charge in [0.1, 0.15) is 5.82 Å². The maximum atomic E-state index is 13.8. The van der Waals surface area contributed by atoms with Gasteiger partial charge in [-0.25, -0.2) is 4.39 Å². The highest BCUT2D eigenvalue weighted by atomic mass is 79.9. The van der Waals surface area contributed by atoms with Crippen molar-refractivity contribution >= 4 is 27.5 Å². The van der Waals surface area contributed by atoms with Gasteiger partial charge in [-0.1, -0.05) is 65.1 Å². The third-order valence-electron chi connectivity index (χ3n) is 3.04. The van der Waals surface area contributed by atoms with Gasteiger partial charge in [-0.3, -0.25) is 0 Å². The van der Waals surface area contributed by atoms with Crippen LogP contribution in [0.1, 0.15) is 34.9 Å². The molecule has 0 aliphatic heterocycles. The van der Waals surface area contributed by atoms with Gasteiger partial charge >= 0.3 is 0 Å². The summed E-state index contributed by atoms with van der Waals surface area (Å²) in [6.07, 6.45) is 2.19. The Balaban J connectivity index is 2.27. The van der Waals surface area contributed by atoms with E-state index in [2.05, 4.69) is 35.0 Å². The Morgan fingerprint density at radius 2 is 1.84 bits per heavy atom. The summed E-state index contributed by atoms with van der Waals surface area (Å²) in [4.78, 5) is -0.179. The van der Waals surface area contributed by atoms with E-state index < -0.39 is 0 Å². The molecular formula is C16H15BrClF. The van der Waals surface area contributed by atoms with Crippen LogP contribution in [0.5, 0.6) is 0 Å². The Bertz CT molecular complexity index is 551. The SMILES string of the molecule is CCCc1ccc(C(Br)c2cc(Cl)ccc2F)cc1. The van der Waals surface area contributed by atoms with Crippen molar-refractivity contribution in [2.45, 2.75) is 24.6 Å². The smallest absolute Gasteiger partial charge is 0.127 e. The molecule has 19 heavy (non-hydrogen) atoms. The molecule has 0 aromatic heterocycles. The molecule has 0 N–H and O–H groups in total. The second kappa shape index (κ2) is 6.53. The van der Waals surface area contributed by atoms with Crippen LogP contribution in [0.4, 0.5) is 4.39 Å². The van der Waals surface area contributed by atoms with Gasteiger partial charge in [-0.2, -0.15) is 0 Å². The molecule has 1 unspecified atom stereocenters. The summed E-state index contributed by atoms with van der Waals surface area (Å²) in [5.41, 5.74) is 2.90. The third kappa shape index (κ3) is 3.58. The van der Waals surface area contributed by atoms with Crippen molar-refractivity contribution in [2.24, 2.45) is 0 Å². The first-order valence-electron chi connectivity index (χ1n) is 6.29. The predicted octanol–water partition coefficient (Wildman–Crippen LogP) is 5.92. The number of benzene rings is 2. The number of alkyl halides is 1. The van der Waals surface area contributed by atoms with E-state index in [0.717, 1.165) is 18.4 Å². The lowest BCUT2D eigenvalue weighted by molar-refractivity contribution is 0.613. The zero-order valence-electron chi connectivity index (χ0n) is 10.7. The molecule has 1 atom stereocenters. The molecule has 0 nitrogen and oxygen atoms in total. The number of halogens is 3. The fraction of sp³-hybridized carbons (Fsp3) is 0.250. The maximum Gasteiger partial charge on any atom is 0.127 e. The Morgan fingerprint density at radius 1 is 1.16 bits per heavy atom. The van der Waals surface area contributed by atoms with Crippen molar-refractivity contribution in [3.63, 3.8) is 0 Å². The molecule has 0 heterocycles.